The number of hydrogen-bond donors (Lipinski definition) is 0. The first-order chi connectivity index (χ1) is 9.28. The Morgan fingerprint density at radius 2 is 2.11 bits per heavy atom. The Morgan fingerprint density at radius 1 is 1.32 bits per heavy atom. The Labute approximate surface area is 122 Å². The van der Waals surface area contributed by atoms with Crippen molar-refractivity contribution >= 4 is 21.5 Å². The van der Waals surface area contributed by atoms with Crippen LogP contribution in [0.3, 0.4) is 0 Å². The van der Waals surface area contributed by atoms with E-state index in [2.05, 4.69) is 40.2 Å². The van der Waals surface area contributed by atoms with Crippen molar-refractivity contribution in [1.29, 1.82) is 0 Å². The molecule has 1 heterocycles. The maximum Gasteiger partial charge on any atom is 0.0686 e. The highest BCUT2D eigenvalue weighted by molar-refractivity contribution is 9.10. The molecule has 1 aromatic carbocycles. The lowest BCUT2D eigenvalue weighted by molar-refractivity contribution is 0.132. The van der Waals surface area contributed by atoms with Gasteiger partial charge in [0.1, 0.15) is 0 Å². The first-order valence-electron chi connectivity index (χ1n) is 6.82. The number of benzene rings is 1. The monoisotopic (exact) mass is 322 g/mol. The fraction of sp³-hybridized carbons (Fsp3) is 0.500. The van der Waals surface area contributed by atoms with E-state index in [1.54, 1.807) is 7.11 Å². The van der Waals surface area contributed by atoms with E-state index >= 15 is 0 Å². The lowest BCUT2D eigenvalue weighted by atomic mass is 9.76. The quantitative estimate of drug-likeness (QED) is 0.840. The van der Waals surface area contributed by atoms with Gasteiger partial charge in [0.2, 0.25) is 0 Å². The zero-order valence-electron chi connectivity index (χ0n) is 11.2. The molecule has 2 aliphatic rings. The molecule has 1 fully saturated rings. The number of methoxy groups -OCH3 is 1. The molecule has 0 spiro atoms. The first kappa shape index (κ1) is 13.3. The fourth-order valence-corrected chi connectivity index (χ4v) is 3.56. The molecule has 0 saturated carbocycles. The lowest BCUT2D eigenvalue weighted by Gasteiger charge is -2.29. The van der Waals surface area contributed by atoms with Crippen molar-refractivity contribution in [2.45, 2.75) is 12.8 Å². The number of allylic oxidation sites excluding steroid dienone is 1. The highest BCUT2D eigenvalue weighted by Gasteiger charge is 2.33. The molecule has 1 aromatic rings. The Hall–Kier alpha value is -0.640. The third-order valence-corrected chi connectivity index (χ3v) is 4.69. The number of fused-ring (bicyclic) bond motifs is 1. The second-order valence-electron chi connectivity index (χ2n) is 5.48. The molecular formula is C16H19BrO2. The summed E-state index contributed by atoms with van der Waals surface area (Å²) in [7, 11) is 1.80. The second-order valence-corrected chi connectivity index (χ2v) is 6.40. The third kappa shape index (κ3) is 2.78. The molecular weight excluding hydrogens is 304 g/mol. The zero-order valence-corrected chi connectivity index (χ0v) is 12.8. The molecule has 2 nitrogen and oxygen atoms in total. The lowest BCUT2D eigenvalue weighted by Crippen LogP contribution is -2.21. The summed E-state index contributed by atoms with van der Waals surface area (Å²) in [5, 5.41) is 0. The van der Waals surface area contributed by atoms with Crippen LogP contribution in [0.25, 0.3) is 5.57 Å². The minimum absolute atomic E-state index is 0.604. The van der Waals surface area contributed by atoms with Crippen LogP contribution >= 0.6 is 15.9 Å². The highest BCUT2D eigenvalue weighted by Crippen LogP contribution is 2.42. The van der Waals surface area contributed by atoms with E-state index < -0.39 is 0 Å². The van der Waals surface area contributed by atoms with Gasteiger partial charge in [-0.2, -0.15) is 0 Å². The number of rotatable bonds is 3. The highest BCUT2D eigenvalue weighted by atomic mass is 79.9. The van der Waals surface area contributed by atoms with Crippen molar-refractivity contribution in [3.8, 4) is 0 Å². The van der Waals surface area contributed by atoms with E-state index in [1.807, 2.05) is 0 Å². The van der Waals surface area contributed by atoms with Crippen molar-refractivity contribution in [2.75, 3.05) is 26.9 Å². The van der Waals surface area contributed by atoms with Crippen LogP contribution in [0.2, 0.25) is 0 Å². The molecule has 0 amide bonds. The van der Waals surface area contributed by atoms with Crippen LogP contribution in [-0.2, 0) is 9.47 Å². The van der Waals surface area contributed by atoms with Gasteiger partial charge in [0, 0.05) is 24.1 Å². The van der Waals surface area contributed by atoms with E-state index in [-0.39, 0.29) is 0 Å². The van der Waals surface area contributed by atoms with Crippen LogP contribution in [0, 0.1) is 11.8 Å². The Balaban J connectivity index is 1.93. The van der Waals surface area contributed by atoms with Crippen LogP contribution in [0.1, 0.15) is 18.4 Å². The molecule has 0 bridgehead atoms. The third-order valence-electron chi connectivity index (χ3n) is 4.16. The summed E-state index contributed by atoms with van der Waals surface area (Å²) in [5.41, 5.74) is 4.35. The fourth-order valence-electron chi connectivity index (χ4n) is 3.30. The second kappa shape index (κ2) is 5.78. The Morgan fingerprint density at radius 3 is 2.84 bits per heavy atom. The van der Waals surface area contributed by atoms with E-state index in [1.165, 1.54) is 23.1 Å². The number of halogens is 1. The van der Waals surface area contributed by atoms with Gasteiger partial charge in [0.25, 0.3) is 0 Å². The Kier molecular flexibility index (Phi) is 4.06. The molecule has 2 unspecified atom stereocenters. The van der Waals surface area contributed by atoms with Gasteiger partial charge in [0.05, 0.1) is 13.2 Å². The van der Waals surface area contributed by atoms with Crippen molar-refractivity contribution in [3.05, 3.63) is 39.9 Å². The summed E-state index contributed by atoms with van der Waals surface area (Å²) in [5.74, 6) is 1.23. The molecule has 3 heteroatoms. The predicted octanol–water partition coefficient (Wildman–Crippen LogP) is 3.91. The zero-order chi connectivity index (χ0) is 13.2. The smallest absolute Gasteiger partial charge is 0.0686 e. The Bertz CT molecular complexity index is 478. The van der Waals surface area contributed by atoms with Gasteiger partial charge in [-0.25, -0.2) is 0 Å². The molecule has 3 rings (SSSR count). The van der Waals surface area contributed by atoms with Gasteiger partial charge in [-0.3, -0.25) is 0 Å². The standard InChI is InChI=1S/C16H19BrO2/c1-18-8-11-6-13-9-19-10-16(13)15(7-11)12-2-4-14(17)5-3-12/h2-5,11,13H,6-10H2,1H3. The predicted molar refractivity (Wildman–Crippen MR) is 80.0 cm³/mol. The largest absolute Gasteiger partial charge is 0.384 e. The maximum atomic E-state index is 5.69. The van der Waals surface area contributed by atoms with E-state index in [4.69, 9.17) is 9.47 Å². The van der Waals surface area contributed by atoms with Crippen LogP contribution in [0.4, 0.5) is 0 Å². The minimum atomic E-state index is 0.604. The minimum Gasteiger partial charge on any atom is -0.384 e. The van der Waals surface area contributed by atoms with Gasteiger partial charge < -0.3 is 9.47 Å². The molecule has 0 aromatic heterocycles. The van der Waals surface area contributed by atoms with Crippen LogP contribution in [0.15, 0.2) is 34.3 Å². The summed E-state index contributed by atoms with van der Waals surface area (Å²) >= 11 is 3.50. The molecule has 2 atom stereocenters. The van der Waals surface area contributed by atoms with Gasteiger partial charge in [-0.15, -0.1) is 0 Å². The molecule has 0 radical (unpaired) electrons. The van der Waals surface area contributed by atoms with Crippen molar-refractivity contribution in [1.82, 2.24) is 0 Å². The molecule has 1 aliphatic carbocycles. The molecule has 1 saturated heterocycles. The molecule has 1 aliphatic heterocycles. The first-order valence-corrected chi connectivity index (χ1v) is 7.61. The van der Waals surface area contributed by atoms with E-state index in [9.17, 15) is 0 Å². The van der Waals surface area contributed by atoms with E-state index in [0.717, 1.165) is 30.7 Å². The topological polar surface area (TPSA) is 18.5 Å². The van der Waals surface area contributed by atoms with Crippen LogP contribution in [-0.4, -0.2) is 26.9 Å². The normalized spacial score (nSPS) is 26.6. The summed E-state index contributed by atoms with van der Waals surface area (Å²) in [6, 6.07) is 8.65. The maximum absolute atomic E-state index is 5.69. The summed E-state index contributed by atoms with van der Waals surface area (Å²) in [4.78, 5) is 0. The van der Waals surface area contributed by atoms with Gasteiger partial charge in [-0.1, -0.05) is 28.1 Å². The summed E-state index contributed by atoms with van der Waals surface area (Å²) < 4.78 is 12.2. The average molecular weight is 323 g/mol. The SMILES string of the molecule is COCC1CC(c2ccc(Br)cc2)=C2COCC2C1. The van der Waals surface area contributed by atoms with Crippen molar-refractivity contribution in [2.24, 2.45) is 11.8 Å². The van der Waals surface area contributed by atoms with Crippen molar-refractivity contribution in [3.63, 3.8) is 0 Å². The summed E-state index contributed by atoms with van der Waals surface area (Å²) in [6.07, 6.45) is 2.33. The van der Waals surface area contributed by atoms with E-state index in [0.29, 0.717) is 11.8 Å². The van der Waals surface area contributed by atoms with Crippen LogP contribution < -0.4 is 0 Å². The molecule has 102 valence electrons. The number of hydrogen-bond acceptors (Lipinski definition) is 2. The summed E-state index contributed by atoms with van der Waals surface area (Å²) in [6.45, 7) is 2.55. The molecule has 0 N–H and O–H groups in total. The average Bonchev–Trinajstić information content (AvgIpc) is 2.87. The van der Waals surface area contributed by atoms with Gasteiger partial charge in [0.15, 0.2) is 0 Å². The van der Waals surface area contributed by atoms with Crippen molar-refractivity contribution < 1.29 is 9.47 Å². The number of ether oxygens (including phenoxy) is 2. The van der Waals surface area contributed by atoms with Gasteiger partial charge >= 0.3 is 0 Å². The van der Waals surface area contributed by atoms with Crippen LogP contribution in [0.5, 0.6) is 0 Å². The van der Waals surface area contributed by atoms with Gasteiger partial charge in [-0.05, 0) is 47.6 Å². The molecule has 19 heavy (non-hydrogen) atoms.